The lowest BCUT2D eigenvalue weighted by atomic mass is 10.3. The monoisotopic (exact) mass is 286 g/mol. The number of piperazine rings is 1. The molecule has 8 nitrogen and oxygen atoms in total. The SMILES string of the molecule is CS(=O)(=O)N1CCN(c2ncccc2[N+](=O)[O-])CC1. The molecule has 0 bridgehead atoms. The highest BCUT2D eigenvalue weighted by atomic mass is 32.2. The Morgan fingerprint density at radius 1 is 1.32 bits per heavy atom. The van der Waals surface area contributed by atoms with Gasteiger partial charge in [-0.05, 0) is 6.07 Å². The van der Waals surface area contributed by atoms with Gasteiger partial charge in [0.1, 0.15) is 0 Å². The van der Waals surface area contributed by atoms with E-state index in [-0.39, 0.29) is 5.69 Å². The summed E-state index contributed by atoms with van der Waals surface area (Å²) in [6.45, 7) is 1.41. The van der Waals surface area contributed by atoms with E-state index in [0.29, 0.717) is 32.0 Å². The van der Waals surface area contributed by atoms with Crippen LogP contribution in [-0.2, 0) is 10.0 Å². The largest absolute Gasteiger partial charge is 0.348 e. The molecule has 0 aliphatic carbocycles. The minimum atomic E-state index is -3.21. The van der Waals surface area contributed by atoms with Crippen LogP contribution in [0, 0.1) is 10.1 Å². The Morgan fingerprint density at radius 2 is 1.95 bits per heavy atom. The van der Waals surface area contributed by atoms with Crippen LogP contribution in [0.5, 0.6) is 0 Å². The first kappa shape index (κ1) is 13.7. The molecular formula is C10H14N4O4S. The van der Waals surface area contributed by atoms with Gasteiger partial charge in [-0.2, -0.15) is 4.31 Å². The van der Waals surface area contributed by atoms with E-state index in [1.54, 1.807) is 4.90 Å². The number of pyridine rings is 1. The van der Waals surface area contributed by atoms with E-state index in [9.17, 15) is 18.5 Å². The third-order valence-corrected chi connectivity index (χ3v) is 4.27. The van der Waals surface area contributed by atoms with Gasteiger partial charge in [0, 0.05) is 38.4 Å². The fourth-order valence-corrected chi connectivity index (χ4v) is 2.83. The van der Waals surface area contributed by atoms with Gasteiger partial charge in [0.15, 0.2) is 0 Å². The van der Waals surface area contributed by atoms with Gasteiger partial charge in [-0.25, -0.2) is 13.4 Å². The third-order valence-electron chi connectivity index (χ3n) is 2.97. The highest BCUT2D eigenvalue weighted by Gasteiger charge is 2.27. The van der Waals surface area contributed by atoms with Crippen LogP contribution >= 0.6 is 0 Å². The molecule has 19 heavy (non-hydrogen) atoms. The zero-order valence-electron chi connectivity index (χ0n) is 10.4. The van der Waals surface area contributed by atoms with E-state index in [0.717, 1.165) is 6.26 Å². The Kier molecular flexibility index (Phi) is 3.67. The van der Waals surface area contributed by atoms with Crippen LogP contribution < -0.4 is 4.90 Å². The molecule has 0 radical (unpaired) electrons. The van der Waals surface area contributed by atoms with E-state index < -0.39 is 14.9 Å². The predicted molar refractivity (Wildman–Crippen MR) is 69.5 cm³/mol. The maximum Gasteiger partial charge on any atom is 0.311 e. The van der Waals surface area contributed by atoms with Crippen molar-refractivity contribution in [2.45, 2.75) is 0 Å². The molecule has 2 rings (SSSR count). The fraction of sp³-hybridized carbons (Fsp3) is 0.500. The molecule has 1 aliphatic heterocycles. The van der Waals surface area contributed by atoms with Gasteiger partial charge in [0.05, 0.1) is 11.2 Å². The maximum atomic E-state index is 11.4. The zero-order valence-corrected chi connectivity index (χ0v) is 11.2. The second kappa shape index (κ2) is 5.10. The van der Waals surface area contributed by atoms with E-state index in [2.05, 4.69) is 4.98 Å². The lowest BCUT2D eigenvalue weighted by Crippen LogP contribution is -2.48. The summed E-state index contributed by atoms with van der Waals surface area (Å²) in [6.07, 6.45) is 2.65. The number of sulfonamides is 1. The van der Waals surface area contributed by atoms with Crippen molar-refractivity contribution >= 4 is 21.5 Å². The van der Waals surface area contributed by atoms with E-state index in [4.69, 9.17) is 0 Å². The molecule has 0 unspecified atom stereocenters. The molecule has 1 aliphatic rings. The number of hydrogen-bond donors (Lipinski definition) is 0. The summed E-state index contributed by atoms with van der Waals surface area (Å²) < 4.78 is 24.1. The van der Waals surface area contributed by atoms with Crippen molar-refractivity contribution < 1.29 is 13.3 Å². The van der Waals surface area contributed by atoms with Gasteiger partial charge < -0.3 is 4.90 Å². The smallest absolute Gasteiger partial charge is 0.311 e. The Bertz CT molecular complexity index is 581. The molecule has 0 atom stereocenters. The van der Waals surface area contributed by atoms with Gasteiger partial charge in [0.25, 0.3) is 0 Å². The Labute approximate surface area is 110 Å². The molecule has 1 fully saturated rings. The summed E-state index contributed by atoms with van der Waals surface area (Å²) in [5, 5.41) is 10.9. The van der Waals surface area contributed by atoms with Crippen LogP contribution in [0.1, 0.15) is 0 Å². The van der Waals surface area contributed by atoms with Gasteiger partial charge in [0.2, 0.25) is 15.8 Å². The summed E-state index contributed by atoms with van der Waals surface area (Å²) in [5.74, 6) is 0.292. The lowest BCUT2D eigenvalue weighted by Gasteiger charge is -2.33. The Morgan fingerprint density at radius 3 is 2.47 bits per heavy atom. The highest BCUT2D eigenvalue weighted by Crippen LogP contribution is 2.25. The molecule has 0 saturated carbocycles. The molecule has 0 amide bonds. The zero-order chi connectivity index (χ0) is 14.0. The predicted octanol–water partition coefficient (Wildman–Crippen LogP) is 0.0714. The summed E-state index contributed by atoms with van der Waals surface area (Å²) in [4.78, 5) is 16.2. The fourth-order valence-electron chi connectivity index (χ4n) is 2.01. The minimum Gasteiger partial charge on any atom is -0.348 e. The first-order valence-corrected chi connectivity index (χ1v) is 7.54. The van der Waals surface area contributed by atoms with Crippen LogP contribution in [0.25, 0.3) is 0 Å². The van der Waals surface area contributed by atoms with Gasteiger partial charge >= 0.3 is 5.69 Å². The molecular weight excluding hydrogens is 272 g/mol. The van der Waals surface area contributed by atoms with Crippen LogP contribution in [0.3, 0.4) is 0 Å². The van der Waals surface area contributed by atoms with E-state index in [1.165, 1.54) is 22.6 Å². The summed E-state index contributed by atoms with van der Waals surface area (Å²) in [7, 11) is -3.21. The van der Waals surface area contributed by atoms with Crippen molar-refractivity contribution in [2.75, 3.05) is 37.3 Å². The second-order valence-corrected chi connectivity index (χ2v) is 6.23. The molecule has 1 saturated heterocycles. The van der Waals surface area contributed by atoms with E-state index >= 15 is 0 Å². The van der Waals surface area contributed by atoms with Crippen molar-refractivity contribution in [1.29, 1.82) is 0 Å². The molecule has 1 aromatic heterocycles. The molecule has 0 spiro atoms. The van der Waals surface area contributed by atoms with Crippen molar-refractivity contribution in [3.8, 4) is 0 Å². The first-order valence-electron chi connectivity index (χ1n) is 5.69. The summed E-state index contributed by atoms with van der Waals surface area (Å²) in [6, 6.07) is 2.90. The number of hydrogen-bond acceptors (Lipinski definition) is 6. The Hall–Kier alpha value is -1.74. The molecule has 104 valence electrons. The normalized spacial score (nSPS) is 17.4. The van der Waals surface area contributed by atoms with Gasteiger partial charge in [-0.3, -0.25) is 10.1 Å². The maximum absolute atomic E-state index is 11.4. The lowest BCUT2D eigenvalue weighted by molar-refractivity contribution is -0.384. The average molecular weight is 286 g/mol. The topological polar surface area (TPSA) is 96.7 Å². The number of nitro groups is 1. The molecule has 2 heterocycles. The van der Waals surface area contributed by atoms with Crippen LogP contribution in [0.15, 0.2) is 18.3 Å². The minimum absolute atomic E-state index is 0.0599. The molecule has 9 heteroatoms. The molecule has 0 aromatic carbocycles. The Balaban J connectivity index is 2.16. The number of rotatable bonds is 3. The standard InChI is InChI=1S/C10H14N4O4S/c1-19(17,18)13-7-5-12(6-8-13)10-9(14(15)16)3-2-4-11-10/h2-4H,5-8H2,1H3. The van der Waals surface area contributed by atoms with Gasteiger partial charge in [-0.15, -0.1) is 0 Å². The highest BCUT2D eigenvalue weighted by molar-refractivity contribution is 7.88. The van der Waals surface area contributed by atoms with Crippen molar-refractivity contribution in [1.82, 2.24) is 9.29 Å². The summed E-state index contributed by atoms with van der Waals surface area (Å²) in [5.41, 5.74) is -0.0599. The van der Waals surface area contributed by atoms with Gasteiger partial charge in [-0.1, -0.05) is 0 Å². The quantitative estimate of drug-likeness (QED) is 0.576. The van der Waals surface area contributed by atoms with Crippen molar-refractivity contribution in [3.63, 3.8) is 0 Å². The summed E-state index contributed by atoms with van der Waals surface area (Å²) >= 11 is 0. The number of nitrogens with zero attached hydrogens (tertiary/aromatic N) is 4. The molecule has 1 aromatic rings. The molecule has 0 N–H and O–H groups in total. The van der Waals surface area contributed by atoms with Crippen molar-refractivity contribution in [2.24, 2.45) is 0 Å². The van der Waals surface area contributed by atoms with Crippen molar-refractivity contribution in [3.05, 3.63) is 28.4 Å². The van der Waals surface area contributed by atoms with Crippen LogP contribution in [0.4, 0.5) is 11.5 Å². The van der Waals surface area contributed by atoms with Crippen LogP contribution in [0.2, 0.25) is 0 Å². The second-order valence-electron chi connectivity index (χ2n) is 4.25. The number of aromatic nitrogens is 1. The third kappa shape index (κ3) is 2.99. The average Bonchev–Trinajstić information content (AvgIpc) is 2.38. The first-order chi connectivity index (χ1) is 8.89. The van der Waals surface area contributed by atoms with Crippen LogP contribution in [-0.4, -0.2) is 55.1 Å². The van der Waals surface area contributed by atoms with E-state index in [1.807, 2.05) is 0 Å². The number of anilines is 1.